The summed E-state index contributed by atoms with van der Waals surface area (Å²) in [4.78, 5) is 14.6. The van der Waals surface area contributed by atoms with Gasteiger partial charge in [-0.25, -0.2) is 0 Å². The first-order chi connectivity index (χ1) is 10.0. The van der Waals surface area contributed by atoms with Crippen LogP contribution in [0, 0.1) is 11.8 Å². The molecule has 0 aromatic rings. The van der Waals surface area contributed by atoms with Crippen molar-refractivity contribution in [1.29, 1.82) is 0 Å². The summed E-state index contributed by atoms with van der Waals surface area (Å²) in [6.45, 7) is 7.36. The minimum atomic E-state index is -0.564. The minimum absolute atomic E-state index is 0.197. The second-order valence-electron chi connectivity index (χ2n) is 6.68. The number of nitrogens with zero attached hydrogens (tertiary/aromatic N) is 1. The van der Waals surface area contributed by atoms with Crippen molar-refractivity contribution < 1.29 is 9.53 Å². The predicted octanol–water partition coefficient (Wildman–Crippen LogP) is 0.977. The molecule has 2 atom stereocenters. The largest absolute Gasteiger partial charge is 0.383 e. The zero-order chi connectivity index (χ0) is 15.5. The van der Waals surface area contributed by atoms with E-state index in [4.69, 9.17) is 10.5 Å². The van der Waals surface area contributed by atoms with Crippen LogP contribution in [-0.4, -0.2) is 55.7 Å². The number of hydrogen-bond donors (Lipinski definition) is 2. The molecule has 0 saturated heterocycles. The van der Waals surface area contributed by atoms with Crippen LogP contribution in [0.15, 0.2) is 0 Å². The van der Waals surface area contributed by atoms with E-state index in [0.717, 1.165) is 31.8 Å². The highest BCUT2D eigenvalue weighted by Crippen LogP contribution is 2.42. The number of likely N-dealkylation sites (N-methyl/N-ethyl adjacent to an activating group) is 1. The Labute approximate surface area is 128 Å². The van der Waals surface area contributed by atoms with Crippen molar-refractivity contribution in [3.05, 3.63) is 0 Å². The molecule has 0 radical (unpaired) electrons. The Hall–Kier alpha value is -0.650. The molecule has 0 aromatic carbocycles. The van der Waals surface area contributed by atoms with E-state index in [1.54, 1.807) is 7.11 Å². The van der Waals surface area contributed by atoms with Gasteiger partial charge in [0.25, 0.3) is 0 Å². The molecule has 0 spiro atoms. The van der Waals surface area contributed by atoms with Crippen LogP contribution in [0.3, 0.4) is 0 Å². The summed E-state index contributed by atoms with van der Waals surface area (Å²) in [7, 11) is 1.73. The number of amides is 1. The Morgan fingerprint density at radius 3 is 2.52 bits per heavy atom. The first-order valence-corrected chi connectivity index (χ1v) is 8.33. The van der Waals surface area contributed by atoms with E-state index in [1.165, 1.54) is 12.8 Å². The van der Waals surface area contributed by atoms with Crippen molar-refractivity contribution in [3.63, 3.8) is 0 Å². The number of primary amides is 1. The fourth-order valence-corrected chi connectivity index (χ4v) is 3.42. The van der Waals surface area contributed by atoms with Gasteiger partial charge in [0.15, 0.2) is 0 Å². The topological polar surface area (TPSA) is 67.6 Å². The van der Waals surface area contributed by atoms with Crippen molar-refractivity contribution in [2.45, 2.75) is 51.1 Å². The summed E-state index contributed by atoms with van der Waals surface area (Å²) in [6, 6.07) is 0.497. The molecular formula is C16H31N3O2. The van der Waals surface area contributed by atoms with E-state index in [1.807, 2.05) is 6.92 Å². The molecule has 2 aliphatic rings. The number of nitrogens with one attached hydrogen (secondary N) is 1. The van der Waals surface area contributed by atoms with Crippen molar-refractivity contribution in [3.8, 4) is 0 Å². The summed E-state index contributed by atoms with van der Waals surface area (Å²) in [5.74, 6) is 0.969. The number of carbonyl (C=O) groups is 1. The van der Waals surface area contributed by atoms with Gasteiger partial charge in [-0.2, -0.15) is 0 Å². The molecule has 1 amide bonds. The lowest BCUT2D eigenvalue weighted by atomic mass is 9.90. The minimum Gasteiger partial charge on any atom is -0.383 e. The fourth-order valence-electron chi connectivity index (χ4n) is 3.42. The number of ether oxygens (including phenoxy) is 1. The first kappa shape index (κ1) is 16.7. The average molecular weight is 297 g/mol. The molecule has 0 heterocycles. The third-order valence-corrected chi connectivity index (χ3v) is 5.12. The second-order valence-corrected chi connectivity index (χ2v) is 6.68. The van der Waals surface area contributed by atoms with Crippen LogP contribution in [0.2, 0.25) is 0 Å². The standard InChI is InChI=1S/C16H31N3O2/c1-4-18-16(15(17)20,14-7-8-14)11-19(9-10-21-3)12(2)13-5-6-13/h12-14,18H,4-11H2,1-3H3,(H2,17,20). The molecule has 5 heteroatoms. The Bertz CT molecular complexity index is 355. The Balaban J connectivity index is 2.10. The monoisotopic (exact) mass is 297 g/mol. The van der Waals surface area contributed by atoms with Gasteiger partial charge in [-0.15, -0.1) is 0 Å². The SMILES string of the molecule is CCNC(CN(CCOC)C(C)C1CC1)(C(N)=O)C1CC1. The van der Waals surface area contributed by atoms with Crippen LogP contribution in [0.5, 0.6) is 0 Å². The molecule has 5 nitrogen and oxygen atoms in total. The third kappa shape index (κ3) is 3.96. The Kier molecular flexibility index (Phi) is 5.63. The number of nitrogens with two attached hydrogens (primary N) is 1. The van der Waals surface area contributed by atoms with E-state index in [9.17, 15) is 4.79 Å². The number of carbonyl (C=O) groups excluding carboxylic acids is 1. The lowest BCUT2D eigenvalue weighted by Gasteiger charge is -2.39. The van der Waals surface area contributed by atoms with Crippen LogP contribution in [0.25, 0.3) is 0 Å². The first-order valence-electron chi connectivity index (χ1n) is 8.33. The van der Waals surface area contributed by atoms with Gasteiger partial charge in [0, 0.05) is 26.2 Å². The summed E-state index contributed by atoms with van der Waals surface area (Å²) in [5, 5.41) is 3.42. The molecule has 122 valence electrons. The maximum atomic E-state index is 12.2. The van der Waals surface area contributed by atoms with Crippen LogP contribution < -0.4 is 11.1 Å². The van der Waals surface area contributed by atoms with E-state index >= 15 is 0 Å². The number of rotatable bonds is 11. The zero-order valence-corrected chi connectivity index (χ0v) is 13.7. The molecule has 2 aliphatic carbocycles. The smallest absolute Gasteiger partial charge is 0.239 e. The van der Waals surface area contributed by atoms with Crippen molar-refractivity contribution in [2.75, 3.05) is 33.4 Å². The quantitative estimate of drug-likeness (QED) is 0.596. The normalized spacial score (nSPS) is 23.0. The lowest BCUT2D eigenvalue weighted by Crippen LogP contribution is -2.64. The lowest BCUT2D eigenvalue weighted by molar-refractivity contribution is -0.126. The third-order valence-electron chi connectivity index (χ3n) is 5.12. The van der Waals surface area contributed by atoms with Gasteiger partial charge < -0.3 is 15.8 Å². The molecule has 3 N–H and O–H groups in total. The van der Waals surface area contributed by atoms with Crippen LogP contribution >= 0.6 is 0 Å². The van der Waals surface area contributed by atoms with Crippen LogP contribution in [-0.2, 0) is 9.53 Å². The molecule has 2 saturated carbocycles. The van der Waals surface area contributed by atoms with Gasteiger partial charge in [0.05, 0.1) is 6.61 Å². The Morgan fingerprint density at radius 2 is 2.10 bits per heavy atom. The van der Waals surface area contributed by atoms with Gasteiger partial charge in [-0.05, 0) is 51.0 Å². The van der Waals surface area contributed by atoms with Gasteiger partial charge >= 0.3 is 0 Å². The molecule has 2 unspecified atom stereocenters. The highest BCUT2D eigenvalue weighted by atomic mass is 16.5. The van der Waals surface area contributed by atoms with E-state index in [2.05, 4.69) is 17.1 Å². The summed E-state index contributed by atoms with van der Waals surface area (Å²) < 4.78 is 5.26. The van der Waals surface area contributed by atoms with Gasteiger partial charge in [-0.1, -0.05) is 6.92 Å². The Morgan fingerprint density at radius 1 is 1.43 bits per heavy atom. The molecule has 2 rings (SSSR count). The fraction of sp³-hybridized carbons (Fsp3) is 0.938. The summed E-state index contributed by atoms with van der Waals surface area (Å²) >= 11 is 0. The highest BCUT2D eigenvalue weighted by Gasteiger charge is 2.51. The van der Waals surface area contributed by atoms with E-state index < -0.39 is 5.54 Å². The molecule has 0 aromatic heterocycles. The summed E-state index contributed by atoms with van der Waals surface area (Å²) in [6.07, 6.45) is 4.81. The molecular weight excluding hydrogens is 266 g/mol. The van der Waals surface area contributed by atoms with Crippen LogP contribution in [0.1, 0.15) is 39.5 Å². The van der Waals surface area contributed by atoms with E-state index in [0.29, 0.717) is 25.1 Å². The average Bonchev–Trinajstić information content (AvgIpc) is 3.30. The van der Waals surface area contributed by atoms with Gasteiger partial charge in [0.1, 0.15) is 5.54 Å². The number of methoxy groups -OCH3 is 1. The van der Waals surface area contributed by atoms with Crippen molar-refractivity contribution >= 4 is 5.91 Å². The molecule has 21 heavy (non-hydrogen) atoms. The maximum absolute atomic E-state index is 12.2. The van der Waals surface area contributed by atoms with Gasteiger partial charge in [0.2, 0.25) is 5.91 Å². The zero-order valence-electron chi connectivity index (χ0n) is 13.7. The van der Waals surface area contributed by atoms with Crippen molar-refractivity contribution in [1.82, 2.24) is 10.2 Å². The van der Waals surface area contributed by atoms with Gasteiger partial charge in [-0.3, -0.25) is 9.69 Å². The maximum Gasteiger partial charge on any atom is 0.239 e. The molecule has 2 fully saturated rings. The second kappa shape index (κ2) is 7.07. The van der Waals surface area contributed by atoms with E-state index in [-0.39, 0.29) is 5.91 Å². The van der Waals surface area contributed by atoms with Crippen LogP contribution in [0.4, 0.5) is 0 Å². The van der Waals surface area contributed by atoms with Crippen molar-refractivity contribution in [2.24, 2.45) is 17.6 Å². The highest BCUT2D eigenvalue weighted by molar-refractivity contribution is 5.86. The number of hydrogen-bond acceptors (Lipinski definition) is 4. The predicted molar refractivity (Wildman–Crippen MR) is 84.0 cm³/mol. The molecule has 0 bridgehead atoms. The molecule has 0 aliphatic heterocycles. The summed E-state index contributed by atoms with van der Waals surface area (Å²) in [5.41, 5.74) is 5.24.